The van der Waals surface area contributed by atoms with E-state index in [4.69, 9.17) is 4.52 Å². The van der Waals surface area contributed by atoms with Crippen LogP contribution in [0.15, 0.2) is 59.1 Å². The number of benzene rings is 2. The van der Waals surface area contributed by atoms with Gasteiger partial charge in [0.15, 0.2) is 5.82 Å². The number of hydrogen-bond donors (Lipinski definition) is 1. The quantitative estimate of drug-likeness (QED) is 0.662. The molecule has 5 nitrogen and oxygen atoms in total. The van der Waals surface area contributed by atoms with Gasteiger partial charge in [0, 0.05) is 6.42 Å². The van der Waals surface area contributed by atoms with Gasteiger partial charge in [-0.25, -0.2) is 4.39 Å². The van der Waals surface area contributed by atoms with E-state index >= 15 is 0 Å². The van der Waals surface area contributed by atoms with E-state index in [1.54, 1.807) is 6.07 Å². The SMILES string of the molecule is O[C@H](Cc1ccccc1)C1CCN(Cc2nc(Cc3cccc(F)c3)no2)CC1. The third kappa shape index (κ3) is 5.49. The molecule has 3 aromatic rings. The van der Waals surface area contributed by atoms with Gasteiger partial charge in [0.2, 0.25) is 5.89 Å². The predicted molar refractivity (Wildman–Crippen MR) is 108 cm³/mol. The maximum atomic E-state index is 13.3. The number of halogens is 1. The van der Waals surface area contributed by atoms with Crippen LogP contribution in [0, 0.1) is 11.7 Å². The summed E-state index contributed by atoms with van der Waals surface area (Å²) in [6.45, 7) is 2.41. The molecular weight excluding hydrogens is 369 g/mol. The van der Waals surface area contributed by atoms with Crippen molar-refractivity contribution in [2.75, 3.05) is 13.1 Å². The van der Waals surface area contributed by atoms with E-state index in [2.05, 4.69) is 27.2 Å². The summed E-state index contributed by atoms with van der Waals surface area (Å²) in [5, 5.41) is 14.6. The second-order valence-corrected chi connectivity index (χ2v) is 7.78. The molecule has 1 saturated heterocycles. The van der Waals surface area contributed by atoms with Crippen LogP contribution in [0.1, 0.15) is 35.7 Å². The van der Waals surface area contributed by atoms with Gasteiger partial charge in [-0.05, 0) is 61.5 Å². The molecule has 1 aliphatic rings. The Balaban J connectivity index is 1.25. The smallest absolute Gasteiger partial charge is 0.240 e. The summed E-state index contributed by atoms with van der Waals surface area (Å²) in [6.07, 6.45) is 2.77. The zero-order valence-corrected chi connectivity index (χ0v) is 16.4. The maximum absolute atomic E-state index is 13.3. The van der Waals surface area contributed by atoms with Crippen molar-refractivity contribution in [2.24, 2.45) is 5.92 Å². The number of hydrogen-bond acceptors (Lipinski definition) is 5. The van der Waals surface area contributed by atoms with Crippen LogP contribution < -0.4 is 0 Å². The van der Waals surface area contributed by atoms with Gasteiger partial charge in [-0.2, -0.15) is 4.98 Å². The highest BCUT2D eigenvalue weighted by molar-refractivity contribution is 5.19. The van der Waals surface area contributed by atoms with Crippen LogP contribution in [0.5, 0.6) is 0 Å². The Morgan fingerprint density at radius 1 is 1.07 bits per heavy atom. The van der Waals surface area contributed by atoms with E-state index < -0.39 is 0 Å². The fraction of sp³-hybridized carbons (Fsp3) is 0.391. The van der Waals surface area contributed by atoms with Gasteiger partial charge in [0.25, 0.3) is 0 Å². The lowest BCUT2D eigenvalue weighted by atomic mass is 9.88. The number of aromatic nitrogens is 2. The van der Waals surface area contributed by atoms with Crippen molar-refractivity contribution in [1.29, 1.82) is 0 Å². The average molecular weight is 395 g/mol. The van der Waals surface area contributed by atoms with Crippen LogP contribution in [0.25, 0.3) is 0 Å². The molecule has 0 aliphatic carbocycles. The van der Waals surface area contributed by atoms with Crippen molar-refractivity contribution in [1.82, 2.24) is 15.0 Å². The summed E-state index contributed by atoms with van der Waals surface area (Å²) >= 11 is 0. The molecule has 0 radical (unpaired) electrons. The lowest BCUT2D eigenvalue weighted by Crippen LogP contribution is -2.38. The fourth-order valence-corrected chi connectivity index (χ4v) is 3.97. The largest absolute Gasteiger partial charge is 0.392 e. The van der Waals surface area contributed by atoms with Crippen LogP contribution in [0.4, 0.5) is 4.39 Å². The van der Waals surface area contributed by atoms with Crippen LogP contribution in [0.3, 0.4) is 0 Å². The monoisotopic (exact) mass is 395 g/mol. The van der Waals surface area contributed by atoms with Crippen molar-refractivity contribution in [3.8, 4) is 0 Å². The van der Waals surface area contributed by atoms with Crippen molar-refractivity contribution in [3.05, 3.63) is 83.3 Å². The standard InChI is InChI=1S/C23H26FN3O2/c24-20-8-4-7-18(13-20)15-22-25-23(29-26-22)16-27-11-9-19(10-12-27)21(28)14-17-5-2-1-3-6-17/h1-8,13,19,21,28H,9-12,14-16H2/t21-/m1/s1. The number of piperidine rings is 1. The molecule has 1 N–H and O–H groups in total. The lowest BCUT2D eigenvalue weighted by Gasteiger charge is -2.33. The number of aliphatic hydroxyl groups is 1. The molecule has 2 aromatic carbocycles. The normalized spacial score (nSPS) is 16.8. The molecule has 2 heterocycles. The molecule has 0 bridgehead atoms. The molecule has 0 spiro atoms. The molecule has 1 aromatic heterocycles. The molecule has 6 heteroatoms. The second-order valence-electron chi connectivity index (χ2n) is 7.78. The minimum atomic E-state index is -0.305. The highest BCUT2D eigenvalue weighted by Gasteiger charge is 2.26. The Morgan fingerprint density at radius 2 is 1.83 bits per heavy atom. The summed E-state index contributed by atoms with van der Waals surface area (Å²) in [5.41, 5.74) is 2.00. The molecule has 0 amide bonds. The van der Waals surface area contributed by atoms with E-state index in [-0.39, 0.29) is 11.9 Å². The Labute approximate surface area is 170 Å². The van der Waals surface area contributed by atoms with Crippen LogP contribution in [-0.4, -0.2) is 39.3 Å². The topological polar surface area (TPSA) is 62.4 Å². The molecule has 152 valence electrons. The van der Waals surface area contributed by atoms with Gasteiger partial charge in [0.1, 0.15) is 5.82 Å². The first-order chi connectivity index (χ1) is 14.2. The molecule has 29 heavy (non-hydrogen) atoms. The van der Waals surface area contributed by atoms with Gasteiger partial charge in [-0.1, -0.05) is 47.6 Å². The number of aliphatic hydroxyl groups excluding tert-OH is 1. The van der Waals surface area contributed by atoms with Gasteiger partial charge >= 0.3 is 0 Å². The van der Waals surface area contributed by atoms with Gasteiger partial charge in [-0.3, -0.25) is 4.90 Å². The van der Waals surface area contributed by atoms with E-state index in [1.807, 2.05) is 24.3 Å². The minimum absolute atomic E-state index is 0.261. The highest BCUT2D eigenvalue weighted by atomic mass is 19.1. The summed E-state index contributed by atoms with van der Waals surface area (Å²) < 4.78 is 18.7. The molecule has 0 unspecified atom stereocenters. The summed E-state index contributed by atoms with van der Waals surface area (Å²) in [7, 11) is 0. The number of rotatable bonds is 7. The van der Waals surface area contributed by atoms with Gasteiger partial charge in [0.05, 0.1) is 12.6 Å². The third-order valence-electron chi connectivity index (χ3n) is 5.58. The Morgan fingerprint density at radius 3 is 2.59 bits per heavy atom. The van der Waals surface area contributed by atoms with Crippen molar-refractivity contribution < 1.29 is 14.0 Å². The lowest BCUT2D eigenvalue weighted by molar-refractivity contribution is 0.0547. The Kier molecular flexibility index (Phi) is 6.32. The first-order valence-corrected chi connectivity index (χ1v) is 10.2. The van der Waals surface area contributed by atoms with Crippen LogP contribution in [0.2, 0.25) is 0 Å². The van der Waals surface area contributed by atoms with E-state index in [9.17, 15) is 9.50 Å². The van der Waals surface area contributed by atoms with Crippen molar-refractivity contribution >= 4 is 0 Å². The Hall–Kier alpha value is -2.57. The molecule has 0 saturated carbocycles. The van der Waals surface area contributed by atoms with E-state index in [0.29, 0.717) is 37.0 Å². The number of likely N-dealkylation sites (tertiary alicyclic amines) is 1. The summed E-state index contributed by atoms with van der Waals surface area (Å²) in [5.74, 6) is 1.21. The maximum Gasteiger partial charge on any atom is 0.240 e. The van der Waals surface area contributed by atoms with E-state index in [1.165, 1.54) is 17.7 Å². The van der Waals surface area contributed by atoms with Crippen molar-refractivity contribution in [3.63, 3.8) is 0 Å². The zero-order chi connectivity index (χ0) is 20.1. The van der Waals surface area contributed by atoms with Gasteiger partial charge < -0.3 is 9.63 Å². The average Bonchev–Trinajstić information content (AvgIpc) is 3.16. The second kappa shape index (κ2) is 9.29. The first kappa shape index (κ1) is 19.7. The van der Waals surface area contributed by atoms with E-state index in [0.717, 1.165) is 31.5 Å². The van der Waals surface area contributed by atoms with Crippen LogP contribution in [-0.2, 0) is 19.4 Å². The van der Waals surface area contributed by atoms with Crippen molar-refractivity contribution in [2.45, 2.75) is 38.3 Å². The highest BCUT2D eigenvalue weighted by Crippen LogP contribution is 2.24. The Bertz CT molecular complexity index is 907. The molecule has 1 fully saturated rings. The fourth-order valence-electron chi connectivity index (χ4n) is 3.97. The van der Waals surface area contributed by atoms with Gasteiger partial charge in [-0.15, -0.1) is 0 Å². The summed E-state index contributed by atoms with van der Waals surface area (Å²) in [4.78, 5) is 6.73. The zero-order valence-electron chi connectivity index (χ0n) is 16.4. The molecule has 1 aliphatic heterocycles. The minimum Gasteiger partial charge on any atom is -0.392 e. The molecule has 4 rings (SSSR count). The summed E-state index contributed by atoms with van der Waals surface area (Å²) in [6, 6.07) is 16.6. The first-order valence-electron chi connectivity index (χ1n) is 10.2. The predicted octanol–water partition coefficient (Wildman–Crippen LogP) is 3.62. The third-order valence-corrected chi connectivity index (χ3v) is 5.58. The molecule has 1 atom stereocenters. The van der Waals surface area contributed by atoms with Crippen LogP contribution >= 0.6 is 0 Å². The number of nitrogens with zero attached hydrogens (tertiary/aromatic N) is 3. The molecular formula is C23H26FN3O2.